The molecule has 1 fully saturated rings. The Hall–Kier alpha value is -1.78. The van der Waals surface area contributed by atoms with Crippen LogP contribution in [0.5, 0.6) is 0 Å². The number of β-lactam (4-membered cyclic amide) rings is 1. The summed E-state index contributed by atoms with van der Waals surface area (Å²) in [5, 5.41) is 9.76. The van der Waals surface area contributed by atoms with Crippen LogP contribution in [0.3, 0.4) is 0 Å². The minimum atomic E-state index is -4.86. The van der Waals surface area contributed by atoms with Gasteiger partial charge in [0, 0.05) is 18.8 Å². The number of hydrogen-bond donors (Lipinski definition) is 4. The molecular formula is C12H17N6NaO7S2. The van der Waals surface area contributed by atoms with E-state index in [4.69, 9.17) is 10.3 Å². The van der Waals surface area contributed by atoms with Gasteiger partial charge in [0.15, 0.2) is 10.8 Å². The van der Waals surface area contributed by atoms with Gasteiger partial charge in [0.2, 0.25) is 5.91 Å². The Balaban J connectivity index is 0.00000392. The van der Waals surface area contributed by atoms with Crippen molar-refractivity contribution in [2.75, 3.05) is 19.4 Å². The number of hydrogen-bond acceptors (Lipinski definition) is 10. The monoisotopic (exact) mass is 444 g/mol. The van der Waals surface area contributed by atoms with E-state index in [2.05, 4.69) is 25.6 Å². The number of nitrogen functional groups attached to an aromatic ring is 1. The van der Waals surface area contributed by atoms with Gasteiger partial charge < -0.3 is 22.6 Å². The second-order valence-electron chi connectivity index (χ2n) is 5.26. The number of oxime groups is 1. The SMILES string of the molecule is CO/N=C(\C(=O)NC1C(=O)N(S(=O)(=O)O)C1CNC(C)=O)c1csc(N)n1.[H-].[Na+]. The molecule has 1 saturated heterocycles. The van der Waals surface area contributed by atoms with Crippen LogP contribution in [-0.4, -0.2) is 71.4 Å². The Bertz CT molecular complexity index is 908. The summed E-state index contributed by atoms with van der Waals surface area (Å²) in [6, 6.07) is -2.55. The Morgan fingerprint density at radius 3 is 2.64 bits per heavy atom. The first kappa shape index (κ1) is 24.3. The van der Waals surface area contributed by atoms with Crippen LogP contribution in [0.1, 0.15) is 14.0 Å². The number of nitrogens with one attached hydrogen (secondary N) is 2. The van der Waals surface area contributed by atoms with Gasteiger partial charge in [-0.15, -0.1) is 11.3 Å². The Morgan fingerprint density at radius 2 is 2.18 bits per heavy atom. The van der Waals surface area contributed by atoms with E-state index in [1.54, 1.807) is 0 Å². The zero-order valence-electron chi connectivity index (χ0n) is 16.1. The second-order valence-corrected chi connectivity index (χ2v) is 7.44. The van der Waals surface area contributed by atoms with Crippen molar-refractivity contribution < 1.29 is 63.2 Å². The zero-order chi connectivity index (χ0) is 20.4. The van der Waals surface area contributed by atoms with Crippen LogP contribution in [0.25, 0.3) is 0 Å². The Kier molecular flexibility index (Phi) is 8.33. The smallest absolute Gasteiger partial charge is 1.00 e. The van der Waals surface area contributed by atoms with Gasteiger partial charge >= 0.3 is 39.9 Å². The van der Waals surface area contributed by atoms with Gasteiger partial charge in [-0.1, -0.05) is 5.16 Å². The number of thiazole rings is 1. The van der Waals surface area contributed by atoms with Crippen molar-refractivity contribution in [2.24, 2.45) is 5.16 Å². The van der Waals surface area contributed by atoms with Gasteiger partial charge in [-0.25, -0.2) is 9.29 Å². The molecule has 0 radical (unpaired) electrons. The molecule has 1 aliphatic rings. The van der Waals surface area contributed by atoms with Crippen LogP contribution < -0.4 is 45.9 Å². The fraction of sp³-hybridized carbons (Fsp3) is 0.417. The number of carbonyl (C=O) groups excluding carboxylic acids is 3. The normalized spacial score (nSPS) is 19.3. The first-order chi connectivity index (χ1) is 12.6. The third-order valence-corrected chi connectivity index (χ3v) is 5.05. The van der Waals surface area contributed by atoms with Crippen molar-refractivity contribution in [3.05, 3.63) is 11.1 Å². The maximum atomic E-state index is 12.5. The summed E-state index contributed by atoms with van der Waals surface area (Å²) in [6.45, 7) is 0.869. The molecule has 1 aromatic heterocycles. The predicted molar refractivity (Wildman–Crippen MR) is 94.0 cm³/mol. The van der Waals surface area contributed by atoms with E-state index in [0.29, 0.717) is 0 Å². The zero-order valence-corrected chi connectivity index (χ0v) is 18.7. The molecule has 5 N–H and O–H groups in total. The second kappa shape index (κ2) is 9.62. The van der Waals surface area contributed by atoms with Crippen molar-refractivity contribution in [2.45, 2.75) is 19.0 Å². The third kappa shape index (κ3) is 5.39. The van der Waals surface area contributed by atoms with E-state index in [0.717, 1.165) is 11.3 Å². The number of nitrogens with zero attached hydrogens (tertiary/aromatic N) is 3. The van der Waals surface area contributed by atoms with Gasteiger partial charge in [-0.3, -0.25) is 18.9 Å². The molecule has 2 unspecified atom stereocenters. The van der Waals surface area contributed by atoms with E-state index in [1.165, 1.54) is 19.4 Å². The molecule has 0 bridgehead atoms. The first-order valence-corrected chi connectivity index (χ1v) is 9.52. The standard InChI is InChI=1S/C12H16N6O7S2.Na.H/c1-5(19)14-3-7-9(11(21)18(7)27(22,23)24)16-10(20)8(17-25-2)6-4-26-12(13)15-6;;/h4,7,9H,3H2,1-2H3,(H2,13,15)(H,14,19)(H,16,20)(H,22,23,24);;/q;+1;-1/b17-8-;;. The van der Waals surface area contributed by atoms with Gasteiger partial charge in [0.1, 0.15) is 18.8 Å². The number of carbonyl (C=O) groups is 3. The molecule has 2 rings (SSSR count). The summed E-state index contributed by atoms with van der Waals surface area (Å²) in [6.07, 6.45) is 0. The fourth-order valence-electron chi connectivity index (χ4n) is 2.31. The Labute approximate surface area is 187 Å². The molecule has 28 heavy (non-hydrogen) atoms. The van der Waals surface area contributed by atoms with Crippen LogP contribution in [0.4, 0.5) is 5.13 Å². The van der Waals surface area contributed by atoms with E-state index in [9.17, 15) is 22.8 Å². The average molecular weight is 444 g/mol. The van der Waals surface area contributed by atoms with Gasteiger partial charge in [-0.05, 0) is 0 Å². The molecule has 0 aliphatic carbocycles. The van der Waals surface area contributed by atoms with Crippen molar-refractivity contribution >= 4 is 50.2 Å². The molecule has 1 aliphatic heterocycles. The summed E-state index contributed by atoms with van der Waals surface area (Å²) in [7, 11) is -3.67. The number of anilines is 1. The number of nitrogens with two attached hydrogens (primary N) is 1. The Morgan fingerprint density at radius 1 is 1.54 bits per heavy atom. The maximum absolute atomic E-state index is 12.5. The molecule has 0 spiro atoms. The fourth-order valence-corrected chi connectivity index (χ4v) is 3.74. The van der Waals surface area contributed by atoms with Crippen LogP contribution in [0, 0.1) is 0 Å². The minimum absolute atomic E-state index is 0. The van der Waals surface area contributed by atoms with E-state index < -0.39 is 40.1 Å². The summed E-state index contributed by atoms with van der Waals surface area (Å²) in [5.41, 5.74) is 5.32. The molecule has 16 heteroatoms. The van der Waals surface area contributed by atoms with E-state index >= 15 is 0 Å². The summed E-state index contributed by atoms with van der Waals surface area (Å²) in [4.78, 5) is 44.1. The van der Waals surface area contributed by atoms with Crippen molar-refractivity contribution in [3.63, 3.8) is 0 Å². The van der Waals surface area contributed by atoms with Gasteiger partial charge in [-0.2, -0.15) is 8.42 Å². The summed E-state index contributed by atoms with van der Waals surface area (Å²) in [5.74, 6) is -2.45. The quantitative estimate of drug-likeness (QED) is 0.105. The maximum Gasteiger partial charge on any atom is 1.00 e. The van der Waals surface area contributed by atoms with Crippen molar-refractivity contribution in [1.29, 1.82) is 0 Å². The molecule has 1 aromatic rings. The largest absolute Gasteiger partial charge is 1.00 e. The summed E-state index contributed by atoms with van der Waals surface area (Å²) >= 11 is 1.05. The molecule has 0 aromatic carbocycles. The molecule has 2 heterocycles. The first-order valence-electron chi connectivity index (χ1n) is 7.24. The average Bonchev–Trinajstić information content (AvgIpc) is 2.98. The molecule has 150 valence electrons. The molecule has 0 saturated carbocycles. The van der Waals surface area contributed by atoms with Crippen LogP contribution in [0.2, 0.25) is 0 Å². The topological polar surface area (TPSA) is 193 Å². The molecule has 2 atom stereocenters. The summed E-state index contributed by atoms with van der Waals surface area (Å²) < 4.78 is 32.0. The van der Waals surface area contributed by atoms with Gasteiger partial charge in [0.05, 0.1) is 6.04 Å². The van der Waals surface area contributed by atoms with Crippen LogP contribution in [0.15, 0.2) is 10.5 Å². The minimum Gasteiger partial charge on any atom is -1.00 e. The van der Waals surface area contributed by atoms with Gasteiger partial charge in [0.25, 0.3) is 11.8 Å². The molecule has 13 nitrogen and oxygen atoms in total. The van der Waals surface area contributed by atoms with Crippen molar-refractivity contribution in [3.8, 4) is 0 Å². The predicted octanol–water partition coefficient (Wildman–Crippen LogP) is -5.17. The van der Waals surface area contributed by atoms with Crippen LogP contribution >= 0.6 is 11.3 Å². The van der Waals surface area contributed by atoms with Crippen molar-refractivity contribution in [1.82, 2.24) is 19.9 Å². The third-order valence-electron chi connectivity index (χ3n) is 3.43. The van der Waals surface area contributed by atoms with Crippen LogP contribution in [-0.2, 0) is 29.5 Å². The molecule has 3 amide bonds. The number of aromatic nitrogens is 1. The number of rotatable bonds is 7. The number of amides is 3. The molecular weight excluding hydrogens is 427 g/mol. The van der Waals surface area contributed by atoms with E-state index in [1.807, 2.05) is 0 Å². The van der Waals surface area contributed by atoms with E-state index in [-0.39, 0.29) is 58.4 Å².